The molecule has 2 aromatic carbocycles. The van der Waals surface area contributed by atoms with Crippen LogP contribution < -0.4 is 10.2 Å². The van der Waals surface area contributed by atoms with Crippen LogP contribution in [0, 0.1) is 0 Å². The summed E-state index contributed by atoms with van der Waals surface area (Å²) in [5.74, 6) is -0.235. The average Bonchev–Trinajstić information content (AvgIpc) is 3.07. The number of para-hydroxylation sites is 1. The Morgan fingerprint density at radius 3 is 2.73 bits per heavy atom. The fourth-order valence-corrected chi connectivity index (χ4v) is 3.38. The van der Waals surface area contributed by atoms with Gasteiger partial charge in [-0.25, -0.2) is 4.98 Å². The highest BCUT2D eigenvalue weighted by molar-refractivity contribution is 6.34. The molecule has 0 unspecified atom stereocenters. The molecule has 5 nitrogen and oxygen atoms in total. The molecule has 0 spiro atoms. The highest BCUT2D eigenvalue weighted by atomic mass is 35.5. The number of anilines is 2. The molecule has 130 valence electrons. The molecule has 1 saturated heterocycles. The zero-order chi connectivity index (χ0) is 18.1. The smallest absolute Gasteiger partial charge is 0.274 e. The maximum Gasteiger partial charge on any atom is 0.274 e. The van der Waals surface area contributed by atoms with Crippen LogP contribution in [0.4, 0.5) is 11.4 Å². The Morgan fingerprint density at radius 2 is 1.96 bits per heavy atom. The number of nitrogens with zero attached hydrogens (tertiary/aromatic N) is 2. The number of nitrogens with one attached hydrogen (secondary N) is 1. The van der Waals surface area contributed by atoms with Crippen molar-refractivity contribution in [1.29, 1.82) is 0 Å². The van der Waals surface area contributed by atoms with Gasteiger partial charge in [0, 0.05) is 24.0 Å². The molecular formula is C20H16ClN3O2. The van der Waals surface area contributed by atoms with Crippen LogP contribution in [-0.2, 0) is 4.79 Å². The predicted octanol–water partition coefficient (Wildman–Crippen LogP) is 4.27. The lowest BCUT2D eigenvalue weighted by atomic mass is 10.2. The van der Waals surface area contributed by atoms with E-state index in [1.807, 2.05) is 30.3 Å². The molecule has 26 heavy (non-hydrogen) atoms. The van der Waals surface area contributed by atoms with Crippen molar-refractivity contribution in [1.82, 2.24) is 4.98 Å². The molecule has 2 heterocycles. The third kappa shape index (κ3) is 3.13. The Kier molecular flexibility index (Phi) is 4.31. The summed E-state index contributed by atoms with van der Waals surface area (Å²) < 4.78 is 0. The fourth-order valence-electron chi connectivity index (χ4n) is 3.09. The van der Waals surface area contributed by atoms with Gasteiger partial charge in [0.1, 0.15) is 5.69 Å². The zero-order valence-corrected chi connectivity index (χ0v) is 14.7. The van der Waals surface area contributed by atoms with Crippen molar-refractivity contribution in [3.8, 4) is 0 Å². The number of pyridine rings is 1. The number of amides is 2. The van der Waals surface area contributed by atoms with Crippen LogP contribution in [-0.4, -0.2) is 23.3 Å². The van der Waals surface area contributed by atoms with Gasteiger partial charge in [0.2, 0.25) is 5.91 Å². The lowest BCUT2D eigenvalue weighted by molar-refractivity contribution is -0.117. The number of hydrogen-bond acceptors (Lipinski definition) is 3. The molecule has 0 atom stereocenters. The number of rotatable bonds is 3. The first kappa shape index (κ1) is 16.5. The second-order valence-corrected chi connectivity index (χ2v) is 6.57. The molecule has 0 bridgehead atoms. The summed E-state index contributed by atoms with van der Waals surface area (Å²) in [7, 11) is 0. The Morgan fingerprint density at radius 1 is 1.12 bits per heavy atom. The number of hydrogen-bond donors (Lipinski definition) is 1. The molecule has 0 aliphatic carbocycles. The zero-order valence-electron chi connectivity index (χ0n) is 13.9. The predicted molar refractivity (Wildman–Crippen MR) is 103 cm³/mol. The molecular weight excluding hydrogens is 350 g/mol. The molecule has 0 radical (unpaired) electrons. The molecule has 1 fully saturated rings. The van der Waals surface area contributed by atoms with Crippen molar-refractivity contribution >= 4 is 45.7 Å². The number of fused-ring (bicyclic) bond motifs is 1. The van der Waals surface area contributed by atoms with Crippen LogP contribution >= 0.6 is 11.6 Å². The Bertz CT molecular complexity index is 1020. The molecule has 4 rings (SSSR count). The standard InChI is InChI=1S/C20H16ClN3O2/c21-15-12-14(8-10-18(15)24-11-3-6-19(24)25)22-20(26)17-9-7-13-4-1-2-5-16(13)23-17/h1-2,4-5,7-10,12H,3,6,11H2,(H,22,26). The highest BCUT2D eigenvalue weighted by Crippen LogP contribution is 2.31. The third-order valence-corrected chi connectivity index (χ3v) is 4.70. The fraction of sp³-hybridized carbons (Fsp3) is 0.150. The van der Waals surface area contributed by atoms with Crippen molar-refractivity contribution in [3.63, 3.8) is 0 Å². The average molecular weight is 366 g/mol. The first-order chi connectivity index (χ1) is 12.6. The second-order valence-electron chi connectivity index (χ2n) is 6.16. The molecule has 6 heteroatoms. The van der Waals surface area contributed by atoms with Crippen LogP contribution in [0.25, 0.3) is 10.9 Å². The van der Waals surface area contributed by atoms with Gasteiger partial charge in [-0.2, -0.15) is 0 Å². The molecule has 1 aliphatic heterocycles. The summed E-state index contributed by atoms with van der Waals surface area (Å²) in [4.78, 5) is 30.4. The lowest BCUT2D eigenvalue weighted by Gasteiger charge is -2.18. The molecule has 1 N–H and O–H groups in total. The summed E-state index contributed by atoms with van der Waals surface area (Å²) in [6.45, 7) is 0.672. The van der Waals surface area contributed by atoms with E-state index < -0.39 is 0 Å². The van der Waals surface area contributed by atoms with Gasteiger partial charge in [0.25, 0.3) is 5.91 Å². The Hall–Kier alpha value is -2.92. The van der Waals surface area contributed by atoms with Gasteiger partial charge in [-0.15, -0.1) is 0 Å². The van der Waals surface area contributed by atoms with E-state index in [-0.39, 0.29) is 11.8 Å². The molecule has 1 aromatic heterocycles. The van der Waals surface area contributed by atoms with E-state index in [9.17, 15) is 9.59 Å². The highest BCUT2D eigenvalue weighted by Gasteiger charge is 2.23. The lowest BCUT2D eigenvalue weighted by Crippen LogP contribution is -2.24. The van der Waals surface area contributed by atoms with Crippen molar-refractivity contribution in [2.24, 2.45) is 0 Å². The summed E-state index contributed by atoms with van der Waals surface area (Å²) in [5.41, 5.74) is 2.33. The van der Waals surface area contributed by atoms with E-state index in [1.165, 1.54) is 0 Å². The first-order valence-electron chi connectivity index (χ1n) is 8.39. The van der Waals surface area contributed by atoms with E-state index >= 15 is 0 Å². The molecule has 1 aliphatic rings. The molecule has 0 saturated carbocycles. The quantitative estimate of drug-likeness (QED) is 0.754. The van der Waals surface area contributed by atoms with Crippen molar-refractivity contribution in [2.75, 3.05) is 16.8 Å². The van der Waals surface area contributed by atoms with E-state index in [2.05, 4.69) is 10.3 Å². The van der Waals surface area contributed by atoms with Gasteiger partial charge in [-0.3, -0.25) is 9.59 Å². The molecule has 3 aromatic rings. The number of benzene rings is 2. The largest absolute Gasteiger partial charge is 0.321 e. The number of halogens is 1. The summed E-state index contributed by atoms with van der Waals surface area (Å²) in [5, 5.41) is 4.22. The van der Waals surface area contributed by atoms with Crippen LogP contribution in [0.2, 0.25) is 5.02 Å². The van der Waals surface area contributed by atoms with E-state index in [1.54, 1.807) is 29.2 Å². The van der Waals surface area contributed by atoms with Gasteiger partial charge in [0.05, 0.1) is 16.2 Å². The van der Waals surface area contributed by atoms with Gasteiger partial charge in [-0.05, 0) is 36.8 Å². The second kappa shape index (κ2) is 6.77. The van der Waals surface area contributed by atoms with Crippen molar-refractivity contribution < 1.29 is 9.59 Å². The van der Waals surface area contributed by atoms with Crippen LogP contribution in [0.5, 0.6) is 0 Å². The normalized spacial score (nSPS) is 14.0. The van der Waals surface area contributed by atoms with Crippen molar-refractivity contribution in [3.05, 3.63) is 65.3 Å². The Labute approximate surface area is 155 Å². The minimum absolute atomic E-state index is 0.0732. The summed E-state index contributed by atoms with van der Waals surface area (Å²) >= 11 is 6.32. The SMILES string of the molecule is O=C(Nc1ccc(N2CCCC2=O)c(Cl)c1)c1ccc2ccccc2n1. The van der Waals surface area contributed by atoms with E-state index in [0.29, 0.717) is 35.1 Å². The maximum atomic E-state index is 12.5. The van der Waals surface area contributed by atoms with Gasteiger partial charge in [0.15, 0.2) is 0 Å². The van der Waals surface area contributed by atoms with Crippen LogP contribution in [0.1, 0.15) is 23.3 Å². The number of aromatic nitrogens is 1. The first-order valence-corrected chi connectivity index (χ1v) is 8.77. The Balaban J connectivity index is 1.55. The summed E-state index contributed by atoms with van der Waals surface area (Å²) in [6.07, 6.45) is 1.38. The summed E-state index contributed by atoms with van der Waals surface area (Å²) in [6, 6.07) is 16.3. The maximum absolute atomic E-state index is 12.5. The van der Waals surface area contributed by atoms with Crippen LogP contribution in [0.3, 0.4) is 0 Å². The topological polar surface area (TPSA) is 62.3 Å². The van der Waals surface area contributed by atoms with Gasteiger partial charge < -0.3 is 10.2 Å². The minimum Gasteiger partial charge on any atom is -0.321 e. The van der Waals surface area contributed by atoms with E-state index in [4.69, 9.17) is 11.6 Å². The van der Waals surface area contributed by atoms with Crippen LogP contribution in [0.15, 0.2) is 54.6 Å². The molecule has 2 amide bonds. The minimum atomic E-state index is -0.309. The van der Waals surface area contributed by atoms with E-state index in [0.717, 1.165) is 17.3 Å². The van der Waals surface area contributed by atoms with Crippen molar-refractivity contribution in [2.45, 2.75) is 12.8 Å². The number of carbonyl (C=O) groups excluding carboxylic acids is 2. The number of carbonyl (C=O) groups is 2. The monoisotopic (exact) mass is 365 g/mol. The van der Waals surface area contributed by atoms with Gasteiger partial charge in [-0.1, -0.05) is 35.9 Å². The van der Waals surface area contributed by atoms with Gasteiger partial charge >= 0.3 is 0 Å². The third-order valence-electron chi connectivity index (χ3n) is 4.40.